The highest BCUT2D eigenvalue weighted by molar-refractivity contribution is 5.52. The Morgan fingerprint density at radius 2 is 2.06 bits per heavy atom. The molecule has 1 aliphatic rings. The number of anilines is 1. The summed E-state index contributed by atoms with van der Waals surface area (Å²) in [6.45, 7) is 7.48. The number of hydrogen-bond acceptors (Lipinski definition) is 2. The number of likely N-dealkylation sites (tertiary alicyclic amines) is 1. The van der Waals surface area contributed by atoms with E-state index in [0.29, 0.717) is 23.7 Å². The van der Waals surface area contributed by atoms with Gasteiger partial charge in [-0.3, -0.25) is 0 Å². The van der Waals surface area contributed by atoms with Crippen molar-refractivity contribution in [1.82, 2.24) is 4.90 Å². The predicted octanol–water partition coefficient (Wildman–Crippen LogP) is 3.27. The van der Waals surface area contributed by atoms with Crippen molar-refractivity contribution in [3.63, 3.8) is 0 Å². The van der Waals surface area contributed by atoms with Crippen LogP contribution in [0, 0.1) is 18.7 Å². The number of benzene rings is 1. The third kappa shape index (κ3) is 2.66. The molecule has 0 amide bonds. The molecule has 3 heteroatoms. The van der Waals surface area contributed by atoms with E-state index in [9.17, 15) is 4.39 Å². The molecule has 0 saturated carbocycles. The van der Waals surface area contributed by atoms with E-state index in [1.54, 1.807) is 6.07 Å². The van der Waals surface area contributed by atoms with E-state index in [2.05, 4.69) is 31.1 Å². The van der Waals surface area contributed by atoms with Crippen LogP contribution in [0.15, 0.2) is 18.2 Å². The lowest BCUT2D eigenvalue weighted by Gasteiger charge is -2.40. The quantitative estimate of drug-likeness (QED) is 0.866. The molecule has 2 nitrogen and oxygen atoms in total. The molecule has 0 bridgehead atoms. The first-order valence-corrected chi connectivity index (χ1v) is 6.71. The number of para-hydroxylation sites is 1. The monoisotopic (exact) mass is 250 g/mol. The largest absolute Gasteiger partial charge is 0.379 e. The molecule has 18 heavy (non-hydrogen) atoms. The van der Waals surface area contributed by atoms with Gasteiger partial charge in [0.15, 0.2) is 0 Å². The van der Waals surface area contributed by atoms with Gasteiger partial charge in [-0.05, 0) is 44.9 Å². The van der Waals surface area contributed by atoms with Gasteiger partial charge in [0.25, 0.3) is 0 Å². The van der Waals surface area contributed by atoms with Crippen LogP contribution in [0.2, 0.25) is 0 Å². The van der Waals surface area contributed by atoms with E-state index in [4.69, 9.17) is 0 Å². The van der Waals surface area contributed by atoms with Gasteiger partial charge in [0.1, 0.15) is 5.82 Å². The summed E-state index contributed by atoms with van der Waals surface area (Å²) >= 11 is 0. The maximum absolute atomic E-state index is 13.8. The topological polar surface area (TPSA) is 15.3 Å². The zero-order valence-corrected chi connectivity index (χ0v) is 11.7. The second-order valence-electron chi connectivity index (χ2n) is 5.68. The molecule has 0 aliphatic carbocycles. The predicted molar refractivity (Wildman–Crippen MR) is 74.4 cm³/mol. The smallest absolute Gasteiger partial charge is 0.146 e. The summed E-state index contributed by atoms with van der Waals surface area (Å²) in [4.78, 5) is 2.37. The van der Waals surface area contributed by atoms with Gasteiger partial charge < -0.3 is 10.2 Å². The SMILES string of the molecule is Cc1cccc(F)c1NC1CC(C)N(C)CC1C. The third-order valence-electron chi connectivity index (χ3n) is 4.16. The maximum Gasteiger partial charge on any atom is 0.146 e. The van der Waals surface area contributed by atoms with E-state index < -0.39 is 0 Å². The van der Waals surface area contributed by atoms with Crippen LogP contribution in [0.25, 0.3) is 0 Å². The highest BCUT2D eigenvalue weighted by Gasteiger charge is 2.29. The first-order valence-electron chi connectivity index (χ1n) is 6.71. The number of nitrogens with zero attached hydrogens (tertiary/aromatic N) is 1. The van der Waals surface area contributed by atoms with Crippen molar-refractivity contribution in [2.75, 3.05) is 18.9 Å². The Morgan fingerprint density at radius 1 is 1.33 bits per heavy atom. The molecule has 0 radical (unpaired) electrons. The Labute approximate surface area is 109 Å². The lowest BCUT2D eigenvalue weighted by Crippen LogP contribution is -2.48. The van der Waals surface area contributed by atoms with Gasteiger partial charge in [-0.25, -0.2) is 4.39 Å². The molecule has 1 aromatic carbocycles. The van der Waals surface area contributed by atoms with Crippen molar-refractivity contribution in [3.8, 4) is 0 Å². The Balaban J connectivity index is 2.14. The third-order valence-corrected chi connectivity index (χ3v) is 4.16. The molecule has 2 rings (SSSR count). The molecule has 1 saturated heterocycles. The van der Waals surface area contributed by atoms with Crippen molar-refractivity contribution in [2.45, 2.75) is 39.3 Å². The van der Waals surface area contributed by atoms with Gasteiger partial charge in [0.2, 0.25) is 0 Å². The van der Waals surface area contributed by atoms with Gasteiger partial charge in [-0.15, -0.1) is 0 Å². The number of halogens is 1. The van der Waals surface area contributed by atoms with Crippen LogP contribution in [0.1, 0.15) is 25.8 Å². The molecular weight excluding hydrogens is 227 g/mol. The summed E-state index contributed by atoms with van der Waals surface area (Å²) in [5.74, 6) is 0.388. The Hall–Kier alpha value is -1.09. The van der Waals surface area contributed by atoms with Crippen molar-refractivity contribution >= 4 is 5.69 Å². The van der Waals surface area contributed by atoms with Crippen molar-refractivity contribution in [2.24, 2.45) is 5.92 Å². The van der Waals surface area contributed by atoms with Gasteiger partial charge in [0, 0.05) is 18.6 Å². The summed E-state index contributed by atoms with van der Waals surface area (Å²) in [6.07, 6.45) is 1.06. The number of nitrogens with one attached hydrogen (secondary N) is 1. The fraction of sp³-hybridized carbons (Fsp3) is 0.600. The lowest BCUT2D eigenvalue weighted by molar-refractivity contribution is 0.145. The number of rotatable bonds is 2. The molecule has 3 atom stereocenters. The number of piperidine rings is 1. The fourth-order valence-electron chi connectivity index (χ4n) is 2.74. The van der Waals surface area contributed by atoms with Crippen molar-refractivity contribution < 1.29 is 4.39 Å². The Kier molecular flexibility index (Phi) is 3.91. The number of hydrogen-bond donors (Lipinski definition) is 1. The van der Waals surface area contributed by atoms with Crippen LogP contribution < -0.4 is 5.32 Å². The summed E-state index contributed by atoms with van der Waals surface area (Å²) in [5, 5.41) is 3.42. The first kappa shape index (κ1) is 13.3. The van der Waals surface area contributed by atoms with Crippen LogP contribution in [0.3, 0.4) is 0 Å². The zero-order valence-electron chi connectivity index (χ0n) is 11.7. The highest BCUT2D eigenvalue weighted by atomic mass is 19.1. The van der Waals surface area contributed by atoms with E-state index in [0.717, 1.165) is 18.5 Å². The Morgan fingerprint density at radius 3 is 2.72 bits per heavy atom. The zero-order chi connectivity index (χ0) is 13.3. The molecule has 1 N–H and O–H groups in total. The lowest BCUT2D eigenvalue weighted by atomic mass is 9.89. The molecule has 1 aliphatic heterocycles. The molecule has 1 fully saturated rings. The minimum Gasteiger partial charge on any atom is -0.379 e. The fourth-order valence-corrected chi connectivity index (χ4v) is 2.74. The van der Waals surface area contributed by atoms with Crippen LogP contribution in [-0.2, 0) is 0 Å². The van der Waals surface area contributed by atoms with E-state index in [1.807, 2.05) is 13.0 Å². The summed E-state index contributed by atoms with van der Waals surface area (Å²) in [6, 6.07) is 6.14. The van der Waals surface area contributed by atoms with Gasteiger partial charge in [-0.1, -0.05) is 19.1 Å². The molecular formula is C15H23FN2. The van der Waals surface area contributed by atoms with Gasteiger partial charge in [-0.2, -0.15) is 0 Å². The Bertz CT molecular complexity index is 399. The van der Waals surface area contributed by atoms with E-state index in [1.165, 1.54) is 6.07 Å². The average Bonchev–Trinajstić information content (AvgIpc) is 2.30. The van der Waals surface area contributed by atoms with Crippen molar-refractivity contribution in [3.05, 3.63) is 29.6 Å². The summed E-state index contributed by atoms with van der Waals surface area (Å²) in [7, 11) is 2.16. The van der Waals surface area contributed by atoms with Crippen LogP contribution in [0.5, 0.6) is 0 Å². The second kappa shape index (κ2) is 5.27. The van der Waals surface area contributed by atoms with Crippen LogP contribution in [0.4, 0.5) is 10.1 Å². The molecule has 3 unspecified atom stereocenters. The molecule has 1 aromatic rings. The summed E-state index contributed by atoms with van der Waals surface area (Å²) < 4.78 is 13.8. The normalized spacial score (nSPS) is 29.3. The maximum atomic E-state index is 13.8. The van der Waals surface area contributed by atoms with Crippen LogP contribution in [-0.4, -0.2) is 30.6 Å². The van der Waals surface area contributed by atoms with Gasteiger partial charge in [0.05, 0.1) is 5.69 Å². The average molecular weight is 250 g/mol. The standard InChI is InChI=1S/C15H23FN2/c1-10-6-5-7-13(16)15(10)17-14-8-12(3)18(4)9-11(14)2/h5-7,11-12,14,17H,8-9H2,1-4H3. The molecule has 100 valence electrons. The van der Waals surface area contributed by atoms with Crippen molar-refractivity contribution in [1.29, 1.82) is 0 Å². The number of aryl methyl sites for hydroxylation is 1. The molecule has 0 spiro atoms. The van der Waals surface area contributed by atoms with E-state index in [-0.39, 0.29) is 5.82 Å². The molecule has 0 aromatic heterocycles. The minimum atomic E-state index is -0.145. The van der Waals surface area contributed by atoms with Gasteiger partial charge >= 0.3 is 0 Å². The van der Waals surface area contributed by atoms with E-state index >= 15 is 0 Å². The minimum absolute atomic E-state index is 0.145. The highest BCUT2D eigenvalue weighted by Crippen LogP contribution is 2.27. The second-order valence-corrected chi connectivity index (χ2v) is 5.68. The first-order chi connectivity index (χ1) is 8.49. The summed E-state index contributed by atoms with van der Waals surface area (Å²) in [5.41, 5.74) is 1.65. The molecule has 1 heterocycles. The van der Waals surface area contributed by atoms with Crippen LogP contribution >= 0.6 is 0 Å².